The number of nitrogens with one attached hydrogen (secondary N) is 1. The lowest BCUT2D eigenvalue weighted by Crippen LogP contribution is -2.49. The maximum Gasteiger partial charge on any atom is 0.251 e. The maximum absolute atomic E-state index is 12.7. The topological polar surface area (TPSA) is 78.9 Å². The van der Waals surface area contributed by atoms with Gasteiger partial charge in [0.2, 0.25) is 10.0 Å². The molecule has 1 N–H and O–H groups in total. The average molecular weight is 446 g/mol. The number of aryl methyl sites for hydroxylation is 1. The van der Waals surface area contributed by atoms with Crippen molar-refractivity contribution in [3.63, 3.8) is 0 Å². The highest BCUT2D eigenvalue weighted by Gasteiger charge is 2.26. The van der Waals surface area contributed by atoms with E-state index in [0.717, 1.165) is 5.69 Å². The predicted molar refractivity (Wildman–Crippen MR) is 123 cm³/mol. The first-order chi connectivity index (χ1) is 14.9. The quantitative estimate of drug-likeness (QED) is 0.601. The first-order valence-corrected chi connectivity index (χ1v) is 12.3. The molecule has 0 aliphatic carbocycles. The molecule has 0 atom stereocenters. The Labute approximate surface area is 185 Å². The largest absolute Gasteiger partial charge is 0.494 e. The number of anilines is 1. The van der Waals surface area contributed by atoms with E-state index in [4.69, 9.17) is 4.74 Å². The summed E-state index contributed by atoms with van der Waals surface area (Å²) in [6, 6.07) is 15.2. The zero-order valence-corrected chi connectivity index (χ0v) is 19.0. The molecule has 1 amide bonds. The number of sulfonamides is 1. The van der Waals surface area contributed by atoms with Crippen molar-refractivity contribution >= 4 is 21.6 Å². The van der Waals surface area contributed by atoms with Crippen LogP contribution in [0.4, 0.5) is 5.69 Å². The summed E-state index contributed by atoms with van der Waals surface area (Å²) < 4.78 is 32.3. The summed E-state index contributed by atoms with van der Waals surface area (Å²) in [7, 11) is -3.33. The van der Waals surface area contributed by atoms with Crippen molar-refractivity contribution in [3.8, 4) is 5.75 Å². The second-order valence-corrected chi connectivity index (χ2v) is 9.70. The van der Waals surface area contributed by atoms with Gasteiger partial charge in [-0.25, -0.2) is 8.42 Å². The molecule has 0 aromatic heterocycles. The van der Waals surface area contributed by atoms with E-state index in [9.17, 15) is 13.2 Å². The van der Waals surface area contributed by atoms with Crippen molar-refractivity contribution in [3.05, 3.63) is 59.7 Å². The number of carbonyl (C=O) groups excluding carboxylic acids is 1. The number of nitrogens with zero attached hydrogens (tertiary/aromatic N) is 2. The van der Waals surface area contributed by atoms with Crippen LogP contribution in [0.3, 0.4) is 0 Å². The second-order valence-electron chi connectivity index (χ2n) is 7.61. The van der Waals surface area contributed by atoms with Crippen molar-refractivity contribution < 1.29 is 17.9 Å². The molecule has 0 spiro atoms. The Morgan fingerprint density at radius 1 is 1.06 bits per heavy atom. The SMILES string of the molecule is CCOc1ccc(C(=O)NCCCS(=O)(=O)N2CCN(c3cccc(C)c3)CC2)cc1. The van der Waals surface area contributed by atoms with E-state index in [1.54, 1.807) is 28.6 Å². The minimum Gasteiger partial charge on any atom is -0.494 e. The van der Waals surface area contributed by atoms with Gasteiger partial charge in [0.05, 0.1) is 12.4 Å². The van der Waals surface area contributed by atoms with Crippen molar-refractivity contribution in [2.24, 2.45) is 0 Å². The van der Waals surface area contributed by atoms with Crippen LogP contribution in [-0.2, 0) is 10.0 Å². The fraction of sp³-hybridized carbons (Fsp3) is 0.435. The first kappa shape index (κ1) is 23.1. The molecule has 7 nitrogen and oxygen atoms in total. The molecule has 0 saturated carbocycles. The van der Waals surface area contributed by atoms with Crippen LogP contribution in [-0.4, -0.2) is 63.7 Å². The highest BCUT2D eigenvalue weighted by Crippen LogP contribution is 2.19. The van der Waals surface area contributed by atoms with Gasteiger partial charge in [0.15, 0.2) is 0 Å². The summed E-state index contributed by atoms with van der Waals surface area (Å²) in [6.45, 7) is 7.16. The van der Waals surface area contributed by atoms with E-state index in [0.29, 0.717) is 57.1 Å². The smallest absolute Gasteiger partial charge is 0.251 e. The van der Waals surface area contributed by atoms with Crippen LogP contribution in [0.25, 0.3) is 0 Å². The molecule has 1 aliphatic heterocycles. The molecule has 2 aromatic carbocycles. The zero-order chi connectivity index (χ0) is 22.3. The average Bonchev–Trinajstić information content (AvgIpc) is 2.77. The Morgan fingerprint density at radius 3 is 2.42 bits per heavy atom. The van der Waals surface area contributed by atoms with E-state index in [1.807, 2.05) is 13.0 Å². The van der Waals surface area contributed by atoms with E-state index in [1.165, 1.54) is 5.56 Å². The Hall–Kier alpha value is -2.58. The zero-order valence-electron chi connectivity index (χ0n) is 18.2. The standard InChI is InChI=1S/C23H31N3O4S/c1-3-30-22-10-8-20(9-11-22)23(27)24-12-5-17-31(28,29)26-15-13-25(14-16-26)21-7-4-6-19(2)18-21/h4,6-11,18H,3,5,12-17H2,1-2H3,(H,24,27). The summed E-state index contributed by atoms with van der Waals surface area (Å²) in [6.07, 6.45) is 0.378. The van der Waals surface area contributed by atoms with Crippen molar-refractivity contribution in [2.45, 2.75) is 20.3 Å². The minimum atomic E-state index is -3.33. The van der Waals surface area contributed by atoms with Gasteiger partial charge >= 0.3 is 0 Å². The molecule has 0 radical (unpaired) electrons. The van der Waals surface area contributed by atoms with Gasteiger partial charge in [0, 0.05) is 44.0 Å². The highest BCUT2D eigenvalue weighted by atomic mass is 32.2. The van der Waals surface area contributed by atoms with E-state index in [-0.39, 0.29) is 11.7 Å². The van der Waals surface area contributed by atoms with Gasteiger partial charge < -0.3 is 15.0 Å². The Kier molecular flexibility index (Phi) is 7.92. The molecule has 2 aromatic rings. The molecule has 1 aliphatic rings. The molecule has 3 rings (SSSR count). The van der Waals surface area contributed by atoms with Crippen LogP contribution < -0.4 is 15.0 Å². The summed E-state index contributed by atoms with van der Waals surface area (Å²) in [5.41, 5.74) is 2.85. The summed E-state index contributed by atoms with van der Waals surface area (Å²) >= 11 is 0. The molecule has 0 bridgehead atoms. The van der Waals surface area contributed by atoms with Gasteiger partial charge in [-0.1, -0.05) is 12.1 Å². The third-order valence-corrected chi connectivity index (χ3v) is 7.25. The maximum atomic E-state index is 12.7. The number of ether oxygens (including phenoxy) is 1. The fourth-order valence-corrected chi connectivity index (χ4v) is 5.09. The molecular formula is C23H31N3O4S. The van der Waals surface area contributed by atoms with Gasteiger partial charge in [-0.15, -0.1) is 0 Å². The summed E-state index contributed by atoms with van der Waals surface area (Å²) in [5, 5.41) is 2.79. The van der Waals surface area contributed by atoms with Crippen molar-refractivity contribution in [1.29, 1.82) is 0 Å². The molecule has 1 fully saturated rings. The normalized spacial score (nSPS) is 15.0. The van der Waals surface area contributed by atoms with Crippen molar-refractivity contribution in [1.82, 2.24) is 9.62 Å². The third kappa shape index (κ3) is 6.45. The van der Waals surface area contributed by atoms with Crippen LogP contribution in [0.1, 0.15) is 29.3 Å². The third-order valence-electron chi connectivity index (χ3n) is 5.29. The number of hydrogen-bond donors (Lipinski definition) is 1. The van der Waals surface area contributed by atoms with Crippen molar-refractivity contribution in [2.75, 3.05) is 50.0 Å². The Balaban J connectivity index is 1.41. The lowest BCUT2D eigenvalue weighted by molar-refractivity contribution is 0.0953. The first-order valence-electron chi connectivity index (χ1n) is 10.7. The van der Waals surface area contributed by atoms with Crippen LogP contribution in [0.5, 0.6) is 5.75 Å². The number of rotatable bonds is 9. The molecule has 0 unspecified atom stereocenters. The minimum absolute atomic E-state index is 0.0288. The monoisotopic (exact) mass is 445 g/mol. The molecule has 168 valence electrons. The number of benzene rings is 2. The van der Waals surface area contributed by atoms with E-state index in [2.05, 4.69) is 35.3 Å². The van der Waals surface area contributed by atoms with E-state index < -0.39 is 10.0 Å². The second kappa shape index (κ2) is 10.6. The van der Waals surface area contributed by atoms with Gasteiger partial charge in [-0.2, -0.15) is 4.31 Å². The number of piperazine rings is 1. The van der Waals surface area contributed by atoms with E-state index >= 15 is 0 Å². The molecule has 8 heteroatoms. The Bertz CT molecular complexity index is 969. The number of hydrogen-bond acceptors (Lipinski definition) is 5. The Morgan fingerprint density at radius 2 is 1.77 bits per heavy atom. The fourth-order valence-electron chi connectivity index (χ4n) is 3.61. The number of amides is 1. The highest BCUT2D eigenvalue weighted by molar-refractivity contribution is 7.89. The molecular weight excluding hydrogens is 414 g/mol. The van der Waals surface area contributed by atoms with Crippen LogP contribution in [0, 0.1) is 6.92 Å². The summed E-state index contributed by atoms with van der Waals surface area (Å²) in [4.78, 5) is 14.4. The molecule has 31 heavy (non-hydrogen) atoms. The van der Waals surface area contributed by atoms with Crippen LogP contribution in [0.2, 0.25) is 0 Å². The predicted octanol–water partition coefficient (Wildman–Crippen LogP) is 2.67. The van der Waals surface area contributed by atoms with Gasteiger partial charge in [-0.3, -0.25) is 4.79 Å². The van der Waals surface area contributed by atoms with Gasteiger partial charge in [-0.05, 0) is 62.2 Å². The summed E-state index contributed by atoms with van der Waals surface area (Å²) in [5.74, 6) is 0.529. The van der Waals surface area contributed by atoms with Gasteiger partial charge in [0.1, 0.15) is 5.75 Å². The molecule has 1 saturated heterocycles. The number of carbonyl (C=O) groups is 1. The van der Waals surface area contributed by atoms with Crippen LogP contribution >= 0.6 is 0 Å². The van der Waals surface area contributed by atoms with Crippen LogP contribution in [0.15, 0.2) is 48.5 Å². The molecule has 1 heterocycles. The lowest BCUT2D eigenvalue weighted by atomic mass is 10.2. The van der Waals surface area contributed by atoms with Gasteiger partial charge in [0.25, 0.3) is 5.91 Å². The lowest BCUT2D eigenvalue weighted by Gasteiger charge is -2.35.